The summed E-state index contributed by atoms with van der Waals surface area (Å²) in [6, 6.07) is 0.248. The van der Waals surface area contributed by atoms with E-state index in [0.717, 1.165) is 25.7 Å². The summed E-state index contributed by atoms with van der Waals surface area (Å²) in [4.78, 5) is 11.7. The van der Waals surface area contributed by atoms with Crippen LogP contribution >= 0.6 is 0 Å². The van der Waals surface area contributed by atoms with Gasteiger partial charge in [0.1, 0.15) is 0 Å². The van der Waals surface area contributed by atoms with Gasteiger partial charge in [0.15, 0.2) is 0 Å². The van der Waals surface area contributed by atoms with E-state index in [0.29, 0.717) is 17.4 Å². The van der Waals surface area contributed by atoms with Gasteiger partial charge in [-0.1, -0.05) is 41.0 Å². The van der Waals surface area contributed by atoms with Gasteiger partial charge >= 0.3 is 6.09 Å². The topological polar surface area (TPSA) is 38.3 Å². The van der Waals surface area contributed by atoms with Crippen LogP contribution in [-0.4, -0.2) is 18.7 Å². The van der Waals surface area contributed by atoms with Gasteiger partial charge in [-0.25, -0.2) is 4.79 Å². The van der Waals surface area contributed by atoms with Gasteiger partial charge in [0.05, 0.1) is 6.61 Å². The lowest BCUT2D eigenvalue weighted by Crippen LogP contribution is -2.46. The largest absolute Gasteiger partial charge is 0.450 e. The van der Waals surface area contributed by atoms with Gasteiger partial charge in [0.25, 0.3) is 0 Å². The number of hydrogen-bond acceptors (Lipinski definition) is 2. The highest BCUT2D eigenvalue weighted by Crippen LogP contribution is 2.45. The molecule has 1 saturated carbocycles. The number of unbranched alkanes of at least 4 members (excludes halogenated alkanes) is 1. The highest BCUT2D eigenvalue weighted by Gasteiger charge is 2.39. The maximum absolute atomic E-state index is 11.7. The fourth-order valence-corrected chi connectivity index (χ4v) is 3.47. The van der Waals surface area contributed by atoms with E-state index in [1.165, 1.54) is 6.42 Å². The Kier molecular flexibility index (Phi) is 5.06. The van der Waals surface area contributed by atoms with Crippen LogP contribution in [0.4, 0.5) is 4.79 Å². The second kappa shape index (κ2) is 5.94. The first-order valence-corrected chi connectivity index (χ1v) is 7.17. The van der Waals surface area contributed by atoms with Crippen molar-refractivity contribution in [2.75, 3.05) is 6.61 Å². The van der Waals surface area contributed by atoms with Crippen LogP contribution in [0.1, 0.15) is 66.7 Å². The zero-order valence-corrected chi connectivity index (χ0v) is 12.6. The van der Waals surface area contributed by atoms with Crippen molar-refractivity contribution in [2.24, 2.45) is 10.8 Å². The normalized spacial score (nSPS) is 22.5. The summed E-state index contributed by atoms with van der Waals surface area (Å²) in [5, 5.41) is 3.03. The lowest BCUT2D eigenvalue weighted by atomic mass is 9.63. The molecule has 3 heteroatoms. The molecule has 1 N–H and O–H groups in total. The van der Waals surface area contributed by atoms with Crippen molar-refractivity contribution in [3.05, 3.63) is 0 Å². The van der Waals surface area contributed by atoms with Crippen molar-refractivity contribution in [2.45, 2.75) is 72.8 Å². The molecule has 0 aromatic carbocycles. The molecule has 1 rings (SSSR count). The Morgan fingerprint density at radius 1 is 1.22 bits per heavy atom. The molecule has 0 radical (unpaired) electrons. The molecular weight excluding hydrogens is 226 g/mol. The van der Waals surface area contributed by atoms with Crippen molar-refractivity contribution in [3.63, 3.8) is 0 Å². The number of ether oxygens (including phenoxy) is 1. The highest BCUT2D eigenvalue weighted by molar-refractivity contribution is 5.67. The van der Waals surface area contributed by atoms with E-state index in [9.17, 15) is 4.79 Å². The monoisotopic (exact) mass is 255 g/mol. The standard InChI is InChI=1S/C15H29NO2/c1-6-7-8-18-13(17)16-12-9-14(2,3)11-15(4,5)10-12/h12H,6-11H2,1-5H3,(H,16,17). The molecule has 0 bridgehead atoms. The lowest BCUT2D eigenvalue weighted by molar-refractivity contribution is 0.0772. The van der Waals surface area contributed by atoms with Crippen molar-refractivity contribution >= 4 is 6.09 Å². The van der Waals surface area contributed by atoms with Crippen molar-refractivity contribution < 1.29 is 9.53 Å². The Labute approximate surface area is 112 Å². The zero-order chi connectivity index (χ0) is 13.8. The van der Waals surface area contributed by atoms with Gasteiger partial charge in [-0.2, -0.15) is 0 Å². The van der Waals surface area contributed by atoms with Crippen LogP contribution in [-0.2, 0) is 4.74 Å². The van der Waals surface area contributed by atoms with Crippen LogP contribution in [0.5, 0.6) is 0 Å². The van der Waals surface area contributed by atoms with Crippen molar-refractivity contribution in [3.8, 4) is 0 Å². The summed E-state index contributed by atoms with van der Waals surface area (Å²) in [6.45, 7) is 11.8. The van der Waals surface area contributed by atoms with E-state index < -0.39 is 0 Å². The third-order valence-electron chi connectivity index (χ3n) is 3.61. The third kappa shape index (κ3) is 5.28. The number of nitrogens with one attached hydrogen (secondary N) is 1. The number of carbonyl (C=O) groups is 1. The molecule has 1 aliphatic rings. The van der Waals surface area contributed by atoms with E-state index in [-0.39, 0.29) is 12.1 Å². The molecule has 1 fully saturated rings. The second-order valence-electron chi connectivity index (χ2n) is 7.24. The predicted molar refractivity (Wildman–Crippen MR) is 74.6 cm³/mol. The molecular formula is C15H29NO2. The molecule has 1 amide bonds. The summed E-state index contributed by atoms with van der Waals surface area (Å²) in [5.41, 5.74) is 0.590. The molecule has 18 heavy (non-hydrogen) atoms. The van der Waals surface area contributed by atoms with E-state index >= 15 is 0 Å². The van der Waals surface area contributed by atoms with E-state index in [2.05, 4.69) is 39.9 Å². The summed E-state index contributed by atoms with van der Waals surface area (Å²) in [7, 11) is 0. The molecule has 0 saturated heterocycles. The minimum atomic E-state index is -0.248. The molecule has 106 valence electrons. The lowest BCUT2D eigenvalue weighted by Gasteiger charge is -2.44. The SMILES string of the molecule is CCCCOC(=O)NC1CC(C)(C)CC(C)(C)C1. The van der Waals surface area contributed by atoms with Gasteiger partial charge in [0.2, 0.25) is 0 Å². The summed E-state index contributed by atoms with van der Waals surface area (Å²) in [5.74, 6) is 0. The Morgan fingerprint density at radius 3 is 2.28 bits per heavy atom. The van der Waals surface area contributed by atoms with Crippen LogP contribution in [0.3, 0.4) is 0 Å². The van der Waals surface area contributed by atoms with Gasteiger partial charge < -0.3 is 10.1 Å². The van der Waals surface area contributed by atoms with Crippen molar-refractivity contribution in [1.82, 2.24) is 5.32 Å². The number of alkyl carbamates (subject to hydrolysis) is 1. The number of carbonyl (C=O) groups excluding carboxylic acids is 1. The van der Waals surface area contributed by atoms with Crippen LogP contribution in [0.2, 0.25) is 0 Å². The highest BCUT2D eigenvalue weighted by atomic mass is 16.5. The fraction of sp³-hybridized carbons (Fsp3) is 0.933. The Balaban J connectivity index is 2.44. The minimum absolute atomic E-state index is 0.248. The summed E-state index contributed by atoms with van der Waals surface area (Å²) in [6.07, 6.45) is 5.04. The predicted octanol–water partition coefficient (Wildman–Crippen LogP) is 4.12. The first-order valence-electron chi connectivity index (χ1n) is 7.17. The third-order valence-corrected chi connectivity index (χ3v) is 3.61. The van der Waals surface area contributed by atoms with Crippen LogP contribution in [0.25, 0.3) is 0 Å². The minimum Gasteiger partial charge on any atom is -0.450 e. The molecule has 0 aliphatic heterocycles. The average Bonchev–Trinajstić information content (AvgIpc) is 2.12. The molecule has 0 heterocycles. The number of amides is 1. The first kappa shape index (κ1) is 15.3. The van der Waals surface area contributed by atoms with Crippen LogP contribution in [0, 0.1) is 10.8 Å². The van der Waals surface area contributed by atoms with Crippen LogP contribution < -0.4 is 5.32 Å². The summed E-state index contributed by atoms with van der Waals surface area (Å²) >= 11 is 0. The van der Waals surface area contributed by atoms with Gasteiger partial charge in [-0.05, 0) is 36.5 Å². The maximum atomic E-state index is 11.7. The van der Waals surface area contributed by atoms with Gasteiger partial charge in [-0.15, -0.1) is 0 Å². The molecule has 0 spiro atoms. The smallest absolute Gasteiger partial charge is 0.407 e. The Hall–Kier alpha value is -0.730. The van der Waals surface area contributed by atoms with Crippen LogP contribution in [0.15, 0.2) is 0 Å². The van der Waals surface area contributed by atoms with E-state index in [1.807, 2.05) is 0 Å². The second-order valence-corrected chi connectivity index (χ2v) is 7.24. The van der Waals surface area contributed by atoms with Gasteiger partial charge in [-0.3, -0.25) is 0 Å². The molecule has 0 atom stereocenters. The Bertz CT molecular complexity index is 268. The maximum Gasteiger partial charge on any atom is 0.407 e. The molecule has 0 aromatic heterocycles. The summed E-state index contributed by atoms with van der Waals surface area (Å²) < 4.78 is 5.17. The quantitative estimate of drug-likeness (QED) is 0.767. The fourth-order valence-electron chi connectivity index (χ4n) is 3.47. The Morgan fingerprint density at radius 2 is 1.78 bits per heavy atom. The first-order chi connectivity index (χ1) is 8.24. The van der Waals surface area contributed by atoms with Crippen molar-refractivity contribution in [1.29, 1.82) is 0 Å². The van der Waals surface area contributed by atoms with E-state index in [4.69, 9.17) is 4.74 Å². The average molecular weight is 255 g/mol. The number of rotatable bonds is 4. The zero-order valence-electron chi connectivity index (χ0n) is 12.6. The molecule has 1 aliphatic carbocycles. The van der Waals surface area contributed by atoms with E-state index in [1.54, 1.807) is 0 Å². The molecule has 0 aromatic rings. The molecule has 3 nitrogen and oxygen atoms in total. The number of hydrogen-bond donors (Lipinski definition) is 1. The molecule has 0 unspecified atom stereocenters. The van der Waals surface area contributed by atoms with Gasteiger partial charge in [0, 0.05) is 6.04 Å².